The average molecular weight is 138 g/mol. The van der Waals surface area contributed by atoms with E-state index in [1.807, 2.05) is 0 Å². The fourth-order valence-corrected chi connectivity index (χ4v) is 0.505. The Morgan fingerprint density at radius 3 is 2.90 bits per heavy atom. The zero-order chi connectivity index (χ0) is 7.40. The van der Waals surface area contributed by atoms with Gasteiger partial charge >= 0.3 is 5.97 Å². The Balaban J connectivity index is 2.67. The molecule has 1 aromatic rings. The van der Waals surface area contributed by atoms with Crippen LogP contribution in [0.3, 0.4) is 0 Å². The lowest BCUT2D eigenvalue weighted by Gasteiger charge is -1.96. The van der Waals surface area contributed by atoms with Gasteiger partial charge in [-0.2, -0.15) is 10.2 Å². The van der Waals surface area contributed by atoms with E-state index in [0.29, 0.717) is 5.75 Å². The molecular weight excluding hydrogens is 132 g/mol. The van der Waals surface area contributed by atoms with Crippen LogP contribution < -0.4 is 4.74 Å². The van der Waals surface area contributed by atoms with Crippen molar-refractivity contribution in [1.29, 1.82) is 0 Å². The van der Waals surface area contributed by atoms with Crippen molar-refractivity contribution in [3.63, 3.8) is 0 Å². The first-order chi connectivity index (χ1) is 4.79. The van der Waals surface area contributed by atoms with E-state index in [1.165, 1.54) is 19.3 Å². The summed E-state index contributed by atoms with van der Waals surface area (Å²) in [5, 5.41) is 7.02. The van der Waals surface area contributed by atoms with E-state index >= 15 is 0 Å². The number of hydrogen-bond acceptors (Lipinski definition) is 4. The molecule has 0 spiro atoms. The molecule has 52 valence electrons. The van der Waals surface area contributed by atoms with Crippen LogP contribution in [0, 0.1) is 0 Å². The molecule has 1 heterocycles. The summed E-state index contributed by atoms with van der Waals surface area (Å²) in [6.07, 6.45) is 2.83. The summed E-state index contributed by atoms with van der Waals surface area (Å²) in [5.74, 6) is 0.0653. The largest absolute Gasteiger partial charge is 0.425 e. The summed E-state index contributed by atoms with van der Waals surface area (Å²) in [6.45, 7) is 1.33. The van der Waals surface area contributed by atoms with Crippen LogP contribution in [-0.2, 0) is 4.79 Å². The van der Waals surface area contributed by atoms with Crippen LogP contribution in [-0.4, -0.2) is 16.2 Å². The monoisotopic (exact) mass is 138 g/mol. The van der Waals surface area contributed by atoms with Crippen molar-refractivity contribution in [1.82, 2.24) is 10.2 Å². The smallest absolute Gasteiger partial charge is 0.308 e. The predicted octanol–water partition coefficient (Wildman–Crippen LogP) is 0.402. The molecule has 0 saturated carbocycles. The van der Waals surface area contributed by atoms with Crippen LogP contribution in [0.4, 0.5) is 0 Å². The first-order valence-corrected chi connectivity index (χ1v) is 2.74. The first kappa shape index (κ1) is 6.67. The van der Waals surface area contributed by atoms with Crippen molar-refractivity contribution in [2.24, 2.45) is 0 Å². The van der Waals surface area contributed by atoms with Gasteiger partial charge in [-0.05, 0) is 0 Å². The van der Waals surface area contributed by atoms with E-state index in [-0.39, 0.29) is 5.97 Å². The van der Waals surface area contributed by atoms with E-state index in [1.54, 1.807) is 6.07 Å². The third-order valence-electron chi connectivity index (χ3n) is 0.819. The van der Waals surface area contributed by atoms with E-state index < -0.39 is 0 Å². The molecule has 0 radical (unpaired) electrons. The fourth-order valence-electron chi connectivity index (χ4n) is 0.505. The molecule has 1 aromatic heterocycles. The van der Waals surface area contributed by atoms with E-state index in [0.717, 1.165) is 0 Å². The summed E-state index contributed by atoms with van der Waals surface area (Å²) >= 11 is 0. The number of hydrogen-bond donors (Lipinski definition) is 0. The number of carbonyl (C=O) groups excluding carboxylic acids is 1. The van der Waals surface area contributed by atoms with Gasteiger partial charge < -0.3 is 4.74 Å². The Morgan fingerprint density at radius 2 is 2.40 bits per heavy atom. The molecular formula is C6H6N2O2. The molecule has 0 fully saturated rings. The molecule has 0 saturated heterocycles. The van der Waals surface area contributed by atoms with E-state index in [2.05, 4.69) is 14.9 Å². The molecule has 0 atom stereocenters. The van der Waals surface area contributed by atoms with Crippen molar-refractivity contribution in [2.75, 3.05) is 0 Å². The van der Waals surface area contributed by atoms with Crippen molar-refractivity contribution in [2.45, 2.75) is 6.92 Å². The van der Waals surface area contributed by atoms with Gasteiger partial charge in [0.2, 0.25) is 0 Å². The zero-order valence-electron chi connectivity index (χ0n) is 5.44. The van der Waals surface area contributed by atoms with Crippen molar-refractivity contribution in [3.8, 4) is 5.75 Å². The lowest BCUT2D eigenvalue weighted by atomic mass is 10.5. The third kappa shape index (κ3) is 1.81. The molecule has 10 heavy (non-hydrogen) atoms. The van der Waals surface area contributed by atoms with Gasteiger partial charge in [0, 0.05) is 13.0 Å². The molecule has 4 nitrogen and oxygen atoms in total. The van der Waals surface area contributed by atoms with Crippen LogP contribution in [0.5, 0.6) is 5.75 Å². The molecule has 4 heteroatoms. The highest BCUT2D eigenvalue weighted by Crippen LogP contribution is 2.03. The van der Waals surface area contributed by atoms with Gasteiger partial charge in [-0.15, -0.1) is 0 Å². The van der Waals surface area contributed by atoms with E-state index in [9.17, 15) is 4.79 Å². The summed E-state index contributed by atoms with van der Waals surface area (Å²) in [4.78, 5) is 10.3. The van der Waals surface area contributed by atoms with Crippen LogP contribution >= 0.6 is 0 Å². The second-order valence-electron chi connectivity index (χ2n) is 1.67. The van der Waals surface area contributed by atoms with Gasteiger partial charge in [0.1, 0.15) is 0 Å². The SMILES string of the molecule is CC(=O)Oc1ccnnc1. The molecule has 0 amide bonds. The Hall–Kier alpha value is -1.45. The summed E-state index contributed by atoms with van der Waals surface area (Å²) < 4.78 is 4.67. The Labute approximate surface area is 57.8 Å². The lowest BCUT2D eigenvalue weighted by Crippen LogP contribution is -2.01. The average Bonchev–Trinajstić information content (AvgIpc) is 1.88. The van der Waals surface area contributed by atoms with Gasteiger partial charge in [-0.3, -0.25) is 4.79 Å². The minimum Gasteiger partial charge on any atom is -0.425 e. The van der Waals surface area contributed by atoms with Crippen molar-refractivity contribution >= 4 is 5.97 Å². The van der Waals surface area contributed by atoms with E-state index in [4.69, 9.17) is 0 Å². The number of esters is 1. The van der Waals surface area contributed by atoms with Gasteiger partial charge in [-0.1, -0.05) is 0 Å². The number of rotatable bonds is 1. The second-order valence-corrected chi connectivity index (χ2v) is 1.67. The number of ether oxygens (including phenoxy) is 1. The molecule has 0 aliphatic carbocycles. The number of carbonyl (C=O) groups is 1. The Morgan fingerprint density at radius 1 is 1.60 bits per heavy atom. The van der Waals surface area contributed by atoms with Gasteiger partial charge in [-0.25, -0.2) is 0 Å². The Kier molecular flexibility index (Phi) is 1.94. The first-order valence-electron chi connectivity index (χ1n) is 2.74. The van der Waals surface area contributed by atoms with Crippen LogP contribution in [0.25, 0.3) is 0 Å². The molecule has 0 aliphatic heterocycles. The lowest BCUT2D eigenvalue weighted by molar-refractivity contribution is -0.131. The minimum absolute atomic E-state index is 0.354. The zero-order valence-corrected chi connectivity index (χ0v) is 5.44. The normalized spacial score (nSPS) is 8.90. The minimum atomic E-state index is -0.354. The molecule has 0 aliphatic rings. The summed E-state index contributed by atoms with van der Waals surface area (Å²) in [6, 6.07) is 1.56. The standard InChI is InChI=1S/C6H6N2O2/c1-5(9)10-6-2-3-7-8-4-6/h2-4H,1H3. The Bertz CT molecular complexity index is 222. The summed E-state index contributed by atoms with van der Waals surface area (Å²) in [5.41, 5.74) is 0. The predicted molar refractivity (Wildman–Crippen MR) is 33.3 cm³/mol. The van der Waals surface area contributed by atoms with Gasteiger partial charge in [0.25, 0.3) is 0 Å². The highest BCUT2D eigenvalue weighted by atomic mass is 16.5. The summed E-state index contributed by atoms with van der Waals surface area (Å²) in [7, 11) is 0. The third-order valence-corrected chi connectivity index (χ3v) is 0.819. The van der Waals surface area contributed by atoms with Gasteiger partial charge in [0.15, 0.2) is 5.75 Å². The van der Waals surface area contributed by atoms with Crippen LogP contribution in [0.2, 0.25) is 0 Å². The quantitative estimate of drug-likeness (QED) is 0.527. The fraction of sp³-hybridized carbons (Fsp3) is 0.167. The highest BCUT2D eigenvalue weighted by Gasteiger charge is 1.94. The number of aromatic nitrogens is 2. The molecule has 0 unspecified atom stereocenters. The maximum Gasteiger partial charge on any atom is 0.308 e. The van der Waals surface area contributed by atoms with Crippen LogP contribution in [0.15, 0.2) is 18.5 Å². The van der Waals surface area contributed by atoms with Crippen LogP contribution in [0.1, 0.15) is 6.92 Å². The second kappa shape index (κ2) is 2.91. The highest BCUT2D eigenvalue weighted by molar-refractivity contribution is 5.68. The maximum atomic E-state index is 10.3. The molecule has 0 bridgehead atoms. The van der Waals surface area contributed by atoms with Gasteiger partial charge in [0.05, 0.1) is 12.4 Å². The molecule has 0 N–H and O–H groups in total. The number of nitrogens with zero attached hydrogens (tertiary/aromatic N) is 2. The molecule has 1 rings (SSSR count). The maximum absolute atomic E-state index is 10.3. The molecule has 0 aromatic carbocycles. The topological polar surface area (TPSA) is 52.1 Å². The van der Waals surface area contributed by atoms with Crippen molar-refractivity contribution in [3.05, 3.63) is 18.5 Å². The van der Waals surface area contributed by atoms with Crippen molar-refractivity contribution < 1.29 is 9.53 Å².